The van der Waals surface area contributed by atoms with Crippen molar-refractivity contribution in [2.24, 2.45) is 5.92 Å². The number of halogens is 2. The van der Waals surface area contributed by atoms with Gasteiger partial charge in [0.2, 0.25) is 0 Å². The Labute approximate surface area is 103 Å². The van der Waals surface area contributed by atoms with Crippen molar-refractivity contribution in [1.29, 1.82) is 0 Å². The van der Waals surface area contributed by atoms with Gasteiger partial charge in [-0.25, -0.2) is 0 Å². The highest BCUT2D eigenvalue weighted by Crippen LogP contribution is 2.23. The molecular formula is C11H13BrClNO. The van der Waals surface area contributed by atoms with Crippen LogP contribution in [0.1, 0.15) is 24.2 Å². The van der Waals surface area contributed by atoms with Crippen LogP contribution in [0.4, 0.5) is 0 Å². The van der Waals surface area contributed by atoms with Crippen molar-refractivity contribution in [3.8, 4) is 0 Å². The molecule has 0 aliphatic carbocycles. The van der Waals surface area contributed by atoms with E-state index in [0.29, 0.717) is 23.0 Å². The summed E-state index contributed by atoms with van der Waals surface area (Å²) in [5.41, 5.74) is 0.618. The molecule has 0 aliphatic heterocycles. The first-order valence-electron chi connectivity index (χ1n) is 4.74. The third kappa shape index (κ3) is 3.84. The monoisotopic (exact) mass is 289 g/mol. The summed E-state index contributed by atoms with van der Waals surface area (Å²) in [6.07, 6.45) is 0. The average molecular weight is 291 g/mol. The molecule has 2 nitrogen and oxygen atoms in total. The summed E-state index contributed by atoms with van der Waals surface area (Å²) >= 11 is 9.12. The van der Waals surface area contributed by atoms with Crippen LogP contribution in [-0.4, -0.2) is 12.5 Å². The molecule has 0 unspecified atom stereocenters. The smallest absolute Gasteiger partial charge is 0.251 e. The summed E-state index contributed by atoms with van der Waals surface area (Å²) in [5, 5.41) is 3.45. The molecule has 0 saturated carbocycles. The summed E-state index contributed by atoms with van der Waals surface area (Å²) in [6.45, 7) is 4.79. The summed E-state index contributed by atoms with van der Waals surface area (Å²) in [4.78, 5) is 11.6. The second kappa shape index (κ2) is 5.52. The zero-order valence-electron chi connectivity index (χ0n) is 8.68. The minimum Gasteiger partial charge on any atom is -0.352 e. The average Bonchev–Trinajstić information content (AvgIpc) is 2.18. The lowest BCUT2D eigenvalue weighted by atomic mass is 10.2. The fourth-order valence-corrected chi connectivity index (χ4v) is 1.53. The summed E-state index contributed by atoms with van der Waals surface area (Å²) in [7, 11) is 0. The number of hydrogen-bond acceptors (Lipinski definition) is 1. The largest absolute Gasteiger partial charge is 0.352 e. The van der Waals surface area contributed by atoms with Crippen LogP contribution in [0.25, 0.3) is 0 Å². The maximum atomic E-state index is 11.6. The molecule has 0 bridgehead atoms. The maximum absolute atomic E-state index is 11.6. The normalized spacial score (nSPS) is 10.5. The number of carbonyl (C=O) groups is 1. The van der Waals surface area contributed by atoms with Gasteiger partial charge >= 0.3 is 0 Å². The van der Waals surface area contributed by atoms with Crippen LogP contribution in [0.15, 0.2) is 22.7 Å². The van der Waals surface area contributed by atoms with Gasteiger partial charge in [-0.2, -0.15) is 0 Å². The van der Waals surface area contributed by atoms with Gasteiger partial charge in [0, 0.05) is 16.6 Å². The molecule has 15 heavy (non-hydrogen) atoms. The molecule has 0 heterocycles. The lowest BCUT2D eigenvalue weighted by Crippen LogP contribution is -2.27. The summed E-state index contributed by atoms with van der Waals surface area (Å²) in [6, 6.07) is 5.14. The highest BCUT2D eigenvalue weighted by atomic mass is 79.9. The molecule has 0 atom stereocenters. The van der Waals surface area contributed by atoms with Gasteiger partial charge in [0.25, 0.3) is 5.91 Å². The molecule has 82 valence electrons. The molecule has 0 radical (unpaired) electrons. The zero-order chi connectivity index (χ0) is 11.4. The number of carbonyl (C=O) groups excluding carboxylic acids is 1. The molecule has 0 fully saturated rings. The van der Waals surface area contributed by atoms with E-state index < -0.39 is 0 Å². The van der Waals surface area contributed by atoms with E-state index in [1.165, 1.54) is 0 Å². The minimum absolute atomic E-state index is 0.0685. The SMILES string of the molecule is CC(C)CNC(=O)c1ccc(Cl)c(Br)c1. The van der Waals surface area contributed by atoms with Crippen molar-refractivity contribution in [3.63, 3.8) is 0 Å². The van der Waals surface area contributed by atoms with Crippen molar-refractivity contribution >= 4 is 33.4 Å². The Morgan fingerprint density at radius 3 is 2.73 bits per heavy atom. The van der Waals surface area contributed by atoms with Gasteiger partial charge in [-0.1, -0.05) is 25.4 Å². The third-order valence-electron chi connectivity index (χ3n) is 1.85. The number of nitrogens with one attached hydrogen (secondary N) is 1. The number of amides is 1. The van der Waals surface area contributed by atoms with Crippen LogP contribution in [0.5, 0.6) is 0 Å². The van der Waals surface area contributed by atoms with E-state index in [1.807, 2.05) is 0 Å². The zero-order valence-corrected chi connectivity index (χ0v) is 11.0. The number of hydrogen-bond donors (Lipinski definition) is 1. The molecule has 1 N–H and O–H groups in total. The predicted octanol–water partition coefficient (Wildman–Crippen LogP) is 3.49. The van der Waals surface area contributed by atoms with Crippen molar-refractivity contribution in [3.05, 3.63) is 33.3 Å². The highest BCUT2D eigenvalue weighted by Gasteiger charge is 2.07. The van der Waals surface area contributed by atoms with E-state index in [4.69, 9.17) is 11.6 Å². The van der Waals surface area contributed by atoms with E-state index in [-0.39, 0.29) is 5.91 Å². The van der Waals surface area contributed by atoms with Crippen molar-refractivity contribution in [2.45, 2.75) is 13.8 Å². The first-order valence-corrected chi connectivity index (χ1v) is 5.91. The molecular weight excluding hydrogens is 277 g/mol. The van der Waals surface area contributed by atoms with Crippen LogP contribution >= 0.6 is 27.5 Å². The predicted molar refractivity (Wildman–Crippen MR) is 66.3 cm³/mol. The van der Waals surface area contributed by atoms with Crippen LogP contribution in [0, 0.1) is 5.92 Å². The van der Waals surface area contributed by atoms with Gasteiger partial charge in [-0.15, -0.1) is 0 Å². The van der Waals surface area contributed by atoms with E-state index in [1.54, 1.807) is 18.2 Å². The molecule has 0 saturated heterocycles. The molecule has 4 heteroatoms. The van der Waals surface area contributed by atoms with Gasteiger partial charge in [0.1, 0.15) is 0 Å². The van der Waals surface area contributed by atoms with Gasteiger partial charge in [-0.05, 0) is 40.0 Å². The van der Waals surface area contributed by atoms with Gasteiger partial charge in [0.05, 0.1) is 5.02 Å². The van der Waals surface area contributed by atoms with Crippen LogP contribution < -0.4 is 5.32 Å². The van der Waals surface area contributed by atoms with Gasteiger partial charge in [0.15, 0.2) is 0 Å². The Morgan fingerprint density at radius 2 is 2.20 bits per heavy atom. The second-order valence-electron chi connectivity index (χ2n) is 3.73. The number of benzene rings is 1. The molecule has 0 spiro atoms. The quantitative estimate of drug-likeness (QED) is 0.907. The molecule has 1 amide bonds. The van der Waals surface area contributed by atoms with E-state index in [2.05, 4.69) is 35.1 Å². The minimum atomic E-state index is -0.0685. The van der Waals surface area contributed by atoms with Gasteiger partial charge in [-0.3, -0.25) is 4.79 Å². The topological polar surface area (TPSA) is 29.1 Å². The van der Waals surface area contributed by atoms with E-state index >= 15 is 0 Å². The number of rotatable bonds is 3. The summed E-state index contributed by atoms with van der Waals surface area (Å²) < 4.78 is 0.737. The molecule has 1 aromatic rings. The maximum Gasteiger partial charge on any atom is 0.251 e. The van der Waals surface area contributed by atoms with Crippen LogP contribution in [0.2, 0.25) is 5.02 Å². The lowest BCUT2D eigenvalue weighted by Gasteiger charge is -2.08. The Kier molecular flexibility index (Phi) is 4.61. The first-order chi connectivity index (χ1) is 7.00. The molecule has 1 aromatic carbocycles. The van der Waals surface area contributed by atoms with Crippen molar-refractivity contribution < 1.29 is 4.79 Å². The van der Waals surface area contributed by atoms with Crippen LogP contribution in [-0.2, 0) is 0 Å². The Morgan fingerprint density at radius 1 is 1.53 bits per heavy atom. The third-order valence-corrected chi connectivity index (χ3v) is 3.07. The highest BCUT2D eigenvalue weighted by molar-refractivity contribution is 9.10. The molecule has 0 aliphatic rings. The fourth-order valence-electron chi connectivity index (χ4n) is 1.04. The Bertz CT molecular complexity index is 366. The van der Waals surface area contributed by atoms with Crippen molar-refractivity contribution in [2.75, 3.05) is 6.54 Å². The standard InChI is InChI=1S/C11H13BrClNO/c1-7(2)6-14-11(15)8-3-4-10(13)9(12)5-8/h3-5,7H,6H2,1-2H3,(H,14,15). The first kappa shape index (κ1) is 12.5. The molecule has 0 aromatic heterocycles. The second-order valence-corrected chi connectivity index (χ2v) is 4.99. The van der Waals surface area contributed by atoms with Crippen LogP contribution in [0.3, 0.4) is 0 Å². The van der Waals surface area contributed by atoms with Crippen molar-refractivity contribution in [1.82, 2.24) is 5.32 Å². The fraction of sp³-hybridized carbons (Fsp3) is 0.364. The van der Waals surface area contributed by atoms with Gasteiger partial charge < -0.3 is 5.32 Å². The van der Waals surface area contributed by atoms with E-state index in [0.717, 1.165) is 4.47 Å². The lowest BCUT2D eigenvalue weighted by molar-refractivity contribution is 0.0949. The molecule has 1 rings (SSSR count). The Hall–Kier alpha value is -0.540. The Balaban J connectivity index is 2.70. The van der Waals surface area contributed by atoms with E-state index in [9.17, 15) is 4.79 Å². The summed E-state index contributed by atoms with van der Waals surface area (Å²) in [5.74, 6) is 0.380.